The molecule has 0 bridgehead atoms. The average Bonchev–Trinajstić information content (AvgIpc) is 2.49. The number of aliphatic hydroxyl groups is 1. The maximum atomic E-state index is 14.1. The predicted octanol–water partition coefficient (Wildman–Crippen LogP) is 3.28. The zero-order chi connectivity index (χ0) is 21.4. The molecule has 0 aromatic rings. The fraction of sp³-hybridized carbons (Fsp3) is 0.800. The van der Waals surface area contributed by atoms with E-state index in [1.807, 2.05) is 27.7 Å². The van der Waals surface area contributed by atoms with Crippen LogP contribution in [0.3, 0.4) is 0 Å². The molecular formula is C20H36F2N2O3. The smallest absolute Gasteiger partial charge is 0.278 e. The molecule has 0 radical (unpaired) electrons. The van der Waals surface area contributed by atoms with Gasteiger partial charge in [0.05, 0.1) is 6.04 Å². The monoisotopic (exact) mass is 390 g/mol. The molecule has 0 saturated heterocycles. The Balaban J connectivity index is 5.32. The summed E-state index contributed by atoms with van der Waals surface area (Å²) in [4.78, 5) is 24.7. The minimum absolute atomic E-state index is 0.0162. The first-order chi connectivity index (χ1) is 12.3. The quantitative estimate of drug-likeness (QED) is 0.448. The summed E-state index contributed by atoms with van der Waals surface area (Å²) in [5.74, 6) is -4.35. The molecule has 2 unspecified atom stereocenters. The van der Waals surface area contributed by atoms with E-state index in [4.69, 9.17) is 0 Å². The highest BCUT2D eigenvalue weighted by molar-refractivity contribution is 5.88. The molecule has 2 amide bonds. The number of aliphatic hydroxyl groups excluding tert-OH is 1. The molecule has 7 heteroatoms. The Morgan fingerprint density at radius 1 is 1.07 bits per heavy atom. The summed E-state index contributed by atoms with van der Waals surface area (Å²) in [6.07, 6.45) is -1.23. The Bertz CT molecular complexity index is 494. The van der Waals surface area contributed by atoms with Gasteiger partial charge in [-0.25, -0.2) is 8.78 Å². The molecule has 0 aromatic heterocycles. The van der Waals surface area contributed by atoms with Gasteiger partial charge in [-0.3, -0.25) is 9.59 Å². The second kappa shape index (κ2) is 11.4. The first-order valence-corrected chi connectivity index (χ1v) is 9.58. The van der Waals surface area contributed by atoms with E-state index in [0.29, 0.717) is 0 Å². The first kappa shape index (κ1) is 25.5. The zero-order valence-corrected chi connectivity index (χ0v) is 17.4. The third-order valence-electron chi connectivity index (χ3n) is 4.14. The van der Waals surface area contributed by atoms with Gasteiger partial charge in [-0.1, -0.05) is 47.6 Å². The number of hydrogen-bond donors (Lipinski definition) is 3. The van der Waals surface area contributed by atoms with Crippen molar-refractivity contribution in [3.63, 3.8) is 0 Å². The van der Waals surface area contributed by atoms with Gasteiger partial charge in [0.2, 0.25) is 11.8 Å². The van der Waals surface area contributed by atoms with E-state index in [1.54, 1.807) is 13.8 Å². The van der Waals surface area contributed by atoms with E-state index < -0.39 is 36.4 Å². The number of carbonyl (C=O) groups is 2. The normalized spacial score (nSPS) is 15.6. The summed E-state index contributed by atoms with van der Waals surface area (Å²) >= 11 is 0. The van der Waals surface area contributed by atoms with Crippen molar-refractivity contribution in [2.75, 3.05) is 0 Å². The van der Waals surface area contributed by atoms with Crippen LogP contribution in [0.1, 0.15) is 60.8 Å². The second-order valence-corrected chi connectivity index (χ2v) is 8.33. The Morgan fingerprint density at radius 2 is 1.63 bits per heavy atom. The standard InChI is InChI=1S/C20H36F2N2O3/c1-8-9-20(21,22)18(26)15(10-12(2)3)23-19(27)17(14(6)7)24-16(25)11-13(4)5/h8,12-15,17-18,26H,1,9-11H2,2-7H3,(H,23,27)(H,24,25)/t15?,17-,18?/m0/s1. The van der Waals surface area contributed by atoms with Gasteiger partial charge < -0.3 is 15.7 Å². The van der Waals surface area contributed by atoms with Crippen LogP contribution in [0.5, 0.6) is 0 Å². The van der Waals surface area contributed by atoms with Crippen molar-refractivity contribution >= 4 is 11.8 Å². The Kier molecular flexibility index (Phi) is 10.7. The van der Waals surface area contributed by atoms with Crippen molar-refractivity contribution in [3.05, 3.63) is 12.7 Å². The van der Waals surface area contributed by atoms with Crippen LogP contribution in [0.4, 0.5) is 8.78 Å². The number of carbonyl (C=O) groups excluding carboxylic acids is 2. The lowest BCUT2D eigenvalue weighted by Gasteiger charge is -2.32. The largest absolute Gasteiger partial charge is 0.385 e. The third-order valence-corrected chi connectivity index (χ3v) is 4.14. The molecule has 0 aromatic carbocycles. The highest BCUT2D eigenvalue weighted by Gasteiger charge is 2.43. The second-order valence-electron chi connectivity index (χ2n) is 8.33. The zero-order valence-electron chi connectivity index (χ0n) is 17.4. The predicted molar refractivity (Wildman–Crippen MR) is 103 cm³/mol. The lowest BCUT2D eigenvalue weighted by Crippen LogP contribution is -2.57. The molecule has 0 aliphatic carbocycles. The molecule has 0 aliphatic heterocycles. The summed E-state index contributed by atoms with van der Waals surface area (Å²) in [5.41, 5.74) is 0. The summed E-state index contributed by atoms with van der Waals surface area (Å²) in [7, 11) is 0. The maximum absolute atomic E-state index is 14.1. The molecule has 0 spiro atoms. The van der Waals surface area contributed by atoms with Crippen LogP contribution in [0.2, 0.25) is 0 Å². The van der Waals surface area contributed by atoms with Crippen LogP contribution in [0.15, 0.2) is 12.7 Å². The first-order valence-electron chi connectivity index (χ1n) is 9.58. The summed E-state index contributed by atoms with van der Waals surface area (Å²) < 4.78 is 28.3. The fourth-order valence-corrected chi connectivity index (χ4v) is 2.79. The minimum Gasteiger partial charge on any atom is -0.385 e. The summed E-state index contributed by atoms with van der Waals surface area (Å²) in [6.45, 7) is 14.2. The van der Waals surface area contributed by atoms with Gasteiger partial charge in [-0.15, -0.1) is 6.58 Å². The molecular weight excluding hydrogens is 354 g/mol. The van der Waals surface area contributed by atoms with E-state index in [0.717, 1.165) is 6.08 Å². The maximum Gasteiger partial charge on any atom is 0.278 e. The number of nitrogens with one attached hydrogen (secondary N) is 2. The van der Waals surface area contributed by atoms with Crippen molar-refractivity contribution in [1.82, 2.24) is 10.6 Å². The number of allylic oxidation sites excluding steroid dienone is 1. The van der Waals surface area contributed by atoms with E-state index >= 15 is 0 Å². The van der Waals surface area contributed by atoms with Crippen molar-refractivity contribution < 1.29 is 23.5 Å². The summed E-state index contributed by atoms with van der Waals surface area (Å²) in [6, 6.07) is -1.98. The molecule has 0 aliphatic rings. The minimum atomic E-state index is -3.40. The number of halogens is 2. The molecule has 5 nitrogen and oxygen atoms in total. The van der Waals surface area contributed by atoms with Gasteiger partial charge in [-0.05, 0) is 24.2 Å². The topological polar surface area (TPSA) is 78.4 Å². The van der Waals surface area contributed by atoms with Crippen LogP contribution in [-0.4, -0.2) is 41.0 Å². The van der Waals surface area contributed by atoms with E-state index in [-0.39, 0.29) is 36.5 Å². The average molecular weight is 391 g/mol. The fourth-order valence-electron chi connectivity index (χ4n) is 2.79. The summed E-state index contributed by atoms with van der Waals surface area (Å²) in [5, 5.41) is 15.4. The SMILES string of the molecule is C=CCC(F)(F)C(O)C(CC(C)C)NC(=O)[C@@H](NC(=O)CC(C)C)C(C)C. The molecule has 0 heterocycles. The van der Waals surface area contributed by atoms with Crippen LogP contribution in [-0.2, 0) is 9.59 Å². The molecule has 0 saturated carbocycles. The van der Waals surface area contributed by atoms with E-state index in [1.165, 1.54) is 0 Å². The van der Waals surface area contributed by atoms with Crippen molar-refractivity contribution in [3.8, 4) is 0 Å². The van der Waals surface area contributed by atoms with Crippen LogP contribution >= 0.6 is 0 Å². The third kappa shape index (κ3) is 9.31. The van der Waals surface area contributed by atoms with Gasteiger partial charge in [0.1, 0.15) is 12.1 Å². The highest BCUT2D eigenvalue weighted by atomic mass is 19.3. The molecule has 27 heavy (non-hydrogen) atoms. The van der Waals surface area contributed by atoms with Gasteiger partial charge in [0.25, 0.3) is 5.92 Å². The molecule has 0 rings (SSSR count). The van der Waals surface area contributed by atoms with Gasteiger partial charge >= 0.3 is 0 Å². The van der Waals surface area contributed by atoms with Crippen molar-refractivity contribution in [2.45, 2.75) is 84.9 Å². The lowest BCUT2D eigenvalue weighted by molar-refractivity contribution is -0.138. The van der Waals surface area contributed by atoms with Gasteiger partial charge in [0, 0.05) is 12.8 Å². The Labute approximate surface area is 162 Å². The Hall–Kier alpha value is -1.50. The van der Waals surface area contributed by atoms with Crippen molar-refractivity contribution in [2.24, 2.45) is 17.8 Å². The van der Waals surface area contributed by atoms with Crippen LogP contribution in [0.25, 0.3) is 0 Å². The highest BCUT2D eigenvalue weighted by Crippen LogP contribution is 2.28. The van der Waals surface area contributed by atoms with E-state index in [9.17, 15) is 23.5 Å². The Morgan fingerprint density at radius 3 is 2.04 bits per heavy atom. The number of amides is 2. The van der Waals surface area contributed by atoms with Gasteiger partial charge in [-0.2, -0.15) is 0 Å². The van der Waals surface area contributed by atoms with Crippen molar-refractivity contribution in [1.29, 1.82) is 0 Å². The van der Waals surface area contributed by atoms with E-state index in [2.05, 4.69) is 17.2 Å². The molecule has 3 N–H and O–H groups in total. The number of hydrogen-bond acceptors (Lipinski definition) is 3. The van der Waals surface area contributed by atoms with Crippen LogP contribution in [0, 0.1) is 17.8 Å². The number of alkyl halides is 2. The molecule has 0 fully saturated rings. The lowest BCUT2D eigenvalue weighted by atomic mass is 9.93. The number of rotatable bonds is 12. The van der Waals surface area contributed by atoms with Gasteiger partial charge in [0.15, 0.2) is 0 Å². The molecule has 158 valence electrons. The molecule has 3 atom stereocenters. The van der Waals surface area contributed by atoms with Crippen LogP contribution < -0.4 is 10.6 Å².